The van der Waals surface area contributed by atoms with Crippen LogP contribution in [0.25, 0.3) is 0 Å². The summed E-state index contributed by atoms with van der Waals surface area (Å²) in [4.78, 5) is 0. The van der Waals surface area contributed by atoms with Gasteiger partial charge in [-0.15, -0.1) is 0 Å². The first kappa shape index (κ1) is 9.31. The molecule has 0 N–H and O–H groups in total. The Labute approximate surface area is 60.7 Å². The van der Waals surface area contributed by atoms with Gasteiger partial charge in [-0.25, -0.2) is 0 Å². The zero-order chi connectivity index (χ0) is 8.36. The highest BCUT2D eigenvalue weighted by Crippen LogP contribution is 2.30. The molecule has 0 rings (SSSR count). The van der Waals surface area contributed by atoms with E-state index >= 15 is 0 Å². The fourth-order valence-corrected chi connectivity index (χ4v) is 0.304. The maximum atomic E-state index is 11.5. The van der Waals surface area contributed by atoms with E-state index in [0.717, 1.165) is 6.92 Å². The minimum Gasteiger partial charge on any atom is -0.193 e. The van der Waals surface area contributed by atoms with Gasteiger partial charge in [0.25, 0.3) is 0 Å². The lowest BCUT2D eigenvalue weighted by molar-refractivity contribution is -0.0850. The van der Waals surface area contributed by atoms with Gasteiger partial charge in [-0.1, -0.05) is 11.6 Å². The second-order valence-electron chi connectivity index (χ2n) is 1.55. The number of hydrogen-bond acceptors (Lipinski definition) is 1. The summed E-state index contributed by atoms with van der Waals surface area (Å²) in [5.74, 6) is 0. The standard InChI is InChI=1S/C5H3ClF3N/c1-3(2-10)4(6)5(7,8)9/h1H3/b4-3+. The predicted molar refractivity (Wildman–Crippen MR) is 30.2 cm³/mol. The molecule has 0 spiro atoms. The third-order valence-electron chi connectivity index (χ3n) is 0.746. The molecule has 0 radical (unpaired) electrons. The van der Waals surface area contributed by atoms with Gasteiger partial charge in [-0.2, -0.15) is 18.4 Å². The average Bonchev–Trinajstić information content (AvgIpc) is 1.83. The Balaban J connectivity index is 4.69. The van der Waals surface area contributed by atoms with Crippen LogP contribution in [0.15, 0.2) is 10.6 Å². The van der Waals surface area contributed by atoms with E-state index in [9.17, 15) is 13.2 Å². The van der Waals surface area contributed by atoms with Gasteiger partial charge in [0.05, 0.1) is 11.6 Å². The lowest BCUT2D eigenvalue weighted by Crippen LogP contribution is -2.08. The van der Waals surface area contributed by atoms with E-state index in [1.807, 2.05) is 0 Å². The third-order valence-corrected chi connectivity index (χ3v) is 1.24. The van der Waals surface area contributed by atoms with Crippen molar-refractivity contribution in [2.45, 2.75) is 13.1 Å². The highest BCUT2D eigenvalue weighted by Gasteiger charge is 2.34. The molecule has 0 heterocycles. The maximum absolute atomic E-state index is 11.5. The molecule has 0 unspecified atom stereocenters. The molecule has 0 saturated carbocycles. The van der Waals surface area contributed by atoms with Crippen molar-refractivity contribution in [1.29, 1.82) is 5.26 Å². The first-order chi connectivity index (χ1) is 4.39. The molecule has 0 fully saturated rings. The largest absolute Gasteiger partial charge is 0.427 e. The van der Waals surface area contributed by atoms with Gasteiger partial charge in [-0.3, -0.25) is 0 Å². The van der Waals surface area contributed by atoms with Crippen molar-refractivity contribution in [3.05, 3.63) is 10.6 Å². The molecule has 0 aromatic rings. The van der Waals surface area contributed by atoms with Crippen LogP contribution in [0.3, 0.4) is 0 Å². The molecular weight excluding hydrogens is 167 g/mol. The highest BCUT2D eigenvalue weighted by molar-refractivity contribution is 6.30. The fraction of sp³-hybridized carbons (Fsp3) is 0.400. The smallest absolute Gasteiger partial charge is 0.193 e. The molecule has 10 heavy (non-hydrogen) atoms. The minimum atomic E-state index is -4.60. The molecule has 0 amide bonds. The lowest BCUT2D eigenvalue weighted by atomic mass is 10.3. The van der Waals surface area contributed by atoms with Gasteiger partial charge >= 0.3 is 6.18 Å². The Bertz CT molecular complexity index is 198. The Morgan fingerprint density at radius 1 is 1.50 bits per heavy atom. The molecule has 5 heteroatoms. The SMILES string of the molecule is C/C(C#N)=C(\Cl)C(F)(F)F. The summed E-state index contributed by atoms with van der Waals surface area (Å²) in [7, 11) is 0. The normalized spacial score (nSPS) is 14.0. The second-order valence-corrected chi connectivity index (χ2v) is 1.93. The van der Waals surface area contributed by atoms with Crippen LogP contribution in [0.2, 0.25) is 0 Å². The van der Waals surface area contributed by atoms with E-state index in [0.29, 0.717) is 0 Å². The van der Waals surface area contributed by atoms with E-state index in [4.69, 9.17) is 16.9 Å². The Kier molecular flexibility index (Phi) is 2.73. The van der Waals surface area contributed by atoms with Crippen molar-refractivity contribution >= 4 is 11.6 Å². The van der Waals surface area contributed by atoms with Crippen LogP contribution in [0, 0.1) is 11.3 Å². The number of alkyl halides is 3. The molecule has 0 aliphatic heterocycles. The fourth-order valence-electron chi connectivity index (χ4n) is 0.262. The minimum absolute atomic E-state index is 0.519. The molecule has 0 aromatic carbocycles. The Hall–Kier alpha value is -0.690. The van der Waals surface area contributed by atoms with Gasteiger partial charge in [0.1, 0.15) is 5.03 Å². The number of nitriles is 1. The van der Waals surface area contributed by atoms with Crippen LogP contribution < -0.4 is 0 Å². The molecule has 0 saturated heterocycles. The van der Waals surface area contributed by atoms with Crippen molar-refractivity contribution < 1.29 is 13.2 Å². The van der Waals surface area contributed by atoms with Crippen molar-refractivity contribution in [2.24, 2.45) is 0 Å². The Morgan fingerprint density at radius 3 is 2.00 bits per heavy atom. The van der Waals surface area contributed by atoms with E-state index in [2.05, 4.69) is 0 Å². The number of rotatable bonds is 0. The van der Waals surface area contributed by atoms with Crippen molar-refractivity contribution in [3.8, 4) is 6.07 Å². The summed E-state index contributed by atoms with van der Waals surface area (Å²) < 4.78 is 34.6. The number of nitrogens with zero attached hydrogens (tertiary/aromatic N) is 1. The summed E-state index contributed by atoms with van der Waals surface area (Å²) in [5.41, 5.74) is -0.519. The summed E-state index contributed by atoms with van der Waals surface area (Å²) in [5, 5.41) is 6.62. The van der Waals surface area contributed by atoms with Crippen LogP contribution in [0.1, 0.15) is 6.92 Å². The van der Waals surface area contributed by atoms with E-state index in [-0.39, 0.29) is 0 Å². The third kappa shape index (κ3) is 2.28. The van der Waals surface area contributed by atoms with Crippen LogP contribution >= 0.6 is 11.6 Å². The topological polar surface area (TPSA) is 23.8 Å². The first-order valence-electron chi connectivity index (χ1n) is 2.23. The maximum Gasteiger partial charge on any atom is 0.427 e. The molecule has 0 aliphatic carbocycles. The predicted octanol–water partition coefficient (Wildman–Crippen LogP) is 2.59. The van der Waals surface area contributed by atoms with E-state index < -0.39 is 16.8 Å². The lowest BCUT2D eigenvalue weighted by Gasteiger charge is -2.03. The van der Waals surface area contributed by atoms with Crippen LogP contribution in [-0.4, -0.2) is 6.18 Å². The zero-order valence-corrected chi connectivity index (χ0v) is 5.72. The molecule has 0 aromatic heterocycles. The van der Waals surface area contributed by atoms with E-state index in [1.165, 1.54) is 6.07 Å². The van der Waals surface area contributed by atoms with Crippen LogP contribution in [-0.2, 0) is 0 Å². The quantitative estimate of drug-likeness (QED) is 0.512. The van der Waals surface area contributed by atoms with Crippen LogP contribution in [0.4, 0.5) is 13.2 Å². The molecule has 0 atom stereocenters. The van der Waals surface area contributed by atoms with Gasteiger partial charge in [0, 0.05) is 0 Å². The zero-order valence-electron chi connectivity index (χ0n) is 4.96. The van der Waals surface area contributed by atoms with Gasteiger partial charge in [-0.05, 0) is 6.92 Å². The van der Waals surface area contributed by atoms with Gasteiger partial charge < -0.3 is 0 Å². The average molecular weight is 170 g/mol. The number of hydrogen-bond donors (Lipinski definition) is 0. The van der Waals surface area contributed by atoms with Crippen molar-refractivity contribution in [3.63, 3.8) is 0 Å². The molecule has 56 valence electrons. The van der Waals surface area contributed by atoms with E-state index in [1.54, 1.807) is 0 Å². The highest BCUT2D eigenvalue weighted by atomic mass is 35.5. The summed E-state index contributed by atoms with van der Waals surface area (Å²) in [6.45, 7) is 1.01. The second kappa shape index (κ2) is 2.93. The molecule has 1 nitrogen and oxygen atoms in total. The van der Waals surface area contributed by atoms with Crippen LogP contribution in [0.5, 0.6) is 0 Å². The Morgan fingerprint density at radius 2 is 1.90 bits per heavy atom. The summed E-state index contributed by atoms with van der Waals surface area (Å²) >= 11 is 4.74. The van der Waals surface area contributed by atoms with Crippen molar-refractivity contribution in [2.75, 3.05) is 0 Å². The molecule has 0 aliphatic rings. The monoisotopic (exact) mass is 169 g/mol. The van der Waals surface area contributed by atoms with Gasteiger partial charge in [0.15, 0.2) is 0 Å². The molecule has 0 bridgehead atoms. The molecular formula is C5H3ClF3N. The number of allylic oxidation sites excluding steroid dienone is 2. The van der Waals surface area contributed by atoms with Gasteiger partial charge in [0.2, 0.25) is 0 Å². The summed E-state index contributed by atoms with van der Waals surface area (Å²) in [6.07, 6.45) is -4.60. The summed E-state index contributed by atoms with van der Waals surface area (Å²) in [6, 6.07) is 1.30. The first-order valence-corrected chi connectivity index (χ1v) is 2.61. The van der Waals surface area contributed by atoms with Crippen molar-refractivity contribution in [1.82, 2.24) is 0 Å². The number of halogens is 4.